The van der Waals surface area contributed by atoms with Gasteiger partial charge in [-0.1, -0.05) is 54.1 Å². The predicted molar refractivity (Wildman–Crippen MR) is 161 cm³/mol. The van der Waals surface area contributed by atoms with Crippen LogP contribution in [0.1, 0.15) is 72.6 Å². The van der Waals surface area contributed by atoms with Crippen molar-refractivity contribution in [1.82, 2.24) is 24.7 Å². The molecule has 42 heavy (non-hydrogen) atoms. The fourth-order valence-electron chi connectivity index (χ4n) is 5.53. The second kappa shape index (κ2) is 13.6. The average molecular weight is 599 g/mol. The number of nitrogens with one attached hydrogen (secondary N) is 2. The lowest BCUT2D eigenvalue weighted by atomic mass is 9.83. The van der Waals surface area contributed by atoms with Gasteiger partial charge in [0, 0.05) is 30.7 Å². The van der Waals surface area contributed by atoms with Crippen LogP contribution < -0.4 is 10.6 Å². The van der Waals surface area contributed by atoms with E-state index < -0.39 is 35.7 Å². The van der Waals surface area contributed by atoms with Crippen LogP contribution >= 0.6 is 11.5 Å². The van der Waals surface area contributed by atoms with Gasteiger partial charge >= 0.3 is 6.09 Å². The predicted octanol–water partition coefficient (Wildman–Crippen LogP) is 4.46. The van der Waals surface area contributed by atoms with Crippen LogP contribution in [-0.2, 0) is 19.1 Å². The number of rotatable bonds is 8. The van der Waals surface area contributed by atoms with Crippen molar-refractivity contribution in [3.63, 3.8) is 0 Å². The number of likely N-dealkylation sites (tertiary alicyclic amines) is 1. The molecule has 0 radical (unpaired) electrons. The van der Waals surface area contributed by atoms with Crippen molar-refractivity contribution in [1.29, 1.82) is 0 Å². The Kier molecular flexibility index (Phi) is 10.2. The Labute approximate surface area is 251 Å². The van der Waals surface area contributed by atoms with Gasteiger partial charge in [-0.15, -0.1) is 5.10 Å². The lowest BCUT2D eigenvalue weighted by molar-refractivity contribution is -0.142. The number of hydrogen-bond donors (Lipinski definition) is 2. The number of amides is 4. The van der Waals surface area contributed by atoms with Crippen LogP contribution in [0.4, 0.5) is 9.80 Å². The molecule has 1 saturated carbocycles. The summed E-state index contributed by atoms with van der Waals surface area (Å²) < 4.78 is 9.45. The lowest BCUT2D eigenvalue weighted by Crippen LogP contribution is -2.58. The van der Waals surface area contributed by atoms with Gasteiger partial charge in [0.2, 0.25) is 17.7 Å². The van der Waals surface area contributed by atoms with E-state index in [1.165, 1.54) is 11.9 Å². The van der Waals surface area contributed by atoms with Crippen molar-refractivity contribution in [2.24, 2.45) is 5.92 Å². The van der Waals surface area contributed by atoms with Gasteiger partial charge in [-0.25, -0.2) is 4.79 Å². The summed E-state index contributed by atoms with van der Waals surface area (Å²) in [7, 11) is 1.51. The van der Waals surface area contributed by atoms with E-state index in [2.05, 4.69) is 20.2 Å². The Morgan fingerprint density at radius 3 is 2.40 bits per heavy atom. The summed E-state index contributed by atoms with van der Waals surface area (Å²) in [5.41, 5.74) is 0.719. The van der Waals surface area contributed by atoms with Crippen LogP contribution in [0.2, 0.25) is 0 Å². The molecule has 1 aliphatic heterocycles. The summed E-state index contributed by atoms with van der Waals surface area (Å²) in [6.45, 7) is 7.32. The van der Waals surface area contributed by atoms with E-state index in [0.29, 0.717) is 30.1 Å². The normalized spacial score (nSPS) is 19.1. The van der Waals surface area contributed by atoms with Crippen molar-refractivity contribution < 1.29 is 23.9 Å². The molecule has 1 aromatic heterocycles. The molecule has 1 aliphatic carbocycles. The second-order valence-electron chi connectivity index (χ2n) is 12.1. The smallest absolute Gasteiger partial charge is 0.410 e. The summed E-state index contributed by atoms with van der Waals surface area (Å²) in [4.78, 5) is 56.5. The molecule has 11 nitrogen and oxygen atoms in total. The topological polar surface area (TPSA) is 134 Å². The number of carbonyl (C=O) groups excluding carboxylic acids is 4. The van der Waals surface area contributed by atoms with Gasteiger partial charge in [-0.05, 0) is 59.3 Å². The van der Waals surface area contributed by atoms with Crippen LogP contribution in [0.3, 0.4) is 0 Å². The Balaban J connectivity index is 1.48. The third kappa shape index (κ3) is 7.64. The fraction of sp³-hybridized carbons (Fsp3) is 0.600. The Morgan fingerprint density at radius 1 is 1.05 bits per heavy atom. The third-order valence-electron chi connectivity index (χ3n) is 7.94. The molecule has 2 heterocycles. The Bertz CT molecular complexity index is 1260. The Morgan fingerprint density at radius 2 is 1.74 bits per heavy atom. The van der Waals surface area contributed by atoms with Crippen LogP contribution in [0.5, 0.6) is 0 Å². The monoisotopic (exact) mass is 598 g/mol. The van der Waals surface area contributed by atoms with E-state index in [-0.39, 0.29) is 17.7 Å². The van der Waals surface area contributed by atoms with E-state index in [9.17, 15) is 19.2 Å². The maximum absolute atomic E-state index is 14.1. The largest absolute Gasteiger partial charge is 0.444 e. The fourth-order valence-corrected chi connectivity index (χ4v) is 6.12. The minimum atomic E-state index is -0.855. The molecule has 3 atom stereocenters. The van der Waals surface area contributed by atoms with Gasteiger partial charge in [-0.2, -0.15) is 0 Å². The molecule has 4 amide bonds. The molecule has 2 fully saturated rings. The third-order valence-corrected chi connectivity index (χ3v) is 8.58. The van der Waals surface area contributed by atoms with Crippen LogP contribution in [0.15, 0.2) is 30.3 Å². The number of aromatic nitrogens is 2. The second-order valence-corrected chi connectivity index (χ2v) is 12.9. The summed E-state index contributed by atoms with van der Waals surface area (Å²) in [6.07, 6.45) is 5.24. The Hall–Kier alpha value is -3.54. The van der Waals surface area contributed by atoms with Crippen molar-refractivity contribution in [3.05, 3.63) is 30.3 Å². The zero-order chi connectivity index (χ0) is 30.4. The van der Waals surface area contributed by atoms with Gasteiger partial charge in [-0.3, -0.25) is 19.3 Å². The van der Waals surface area contributed by atoms with E-state index in [1.807, 2.05) is 30.3 Å². The first-order chi connectivity index (χ1) is 20.0. The molecule has 2 aromatic rings. The first-order valence-electron chi connectivity index (χ1n) is 14.7. The first-order valence-corrected chi connectivity index (χ1v) is 15.5. The summed E-state index contributed by atoms with van der Waals surface area (Å²) in [5, 5.41) is 10.6. The highest BCUT2D eigenvalue weighted by Gasteiger charge is 2.42. The summed E-state index contributed by atoms with van der Waals surface area (Å²) in [6, 6.07) is 7.17. The quantitative estimate of drug-likeness (QED) is 0.458. The molecule has 1 aromatic carbocycles. The zero-order valence-electron chi connectivity index (χ0n) is 25.1. The van der Waals surface area contributed by atoms with E-state index in [1.54, 1.807) is 32.6 Å². The number of anilines is 1. The number of nitrogens with zero attached hydrogens (tertiary/aromatic N) is 4. The van der Waals surface area contributed by atoms with Gasteiger partial charge in [0.05, 0.1) is 0 Å². The minimum absolute atomic E-state index is 0.0473. The first kappa shape index (κ1) is 31.4. The summed E-state index contributed by atoms with van der Waals surface area (Å²) in [5.74, 6) is -1.04. The number of hydrogen-bond acceptors (Lipinski definition) is 8. The molecule has 2 N–H and O–H groups in total. The van der Waals surface area contributed by atoms with Gasteiger partial charge < -0.3 is 20.3 Å². The molecule has 4 rings (SSSR count). The van der Waals surface area contributed by atoms with Crippen LogP contribution in [-0.4, -0.2) is 80.5 Å². The molecule has 2 aliphatic rings. The van der Waals surface area contributed by atoms with Gasteiger partial charge in [0.1, 0.15) is 34.4 Å². The molecule has 1 saturated heterocycles. The maximum atomic E-state index is 14.1. The highest BCUT2D eigenvalue weighted by Crippen LogP contribution is 2.32. The van der Waals surface area contributed by atoms with Gasteiger partial charge in [0.25, 0.3) is 0 Å². The van der Waals surface area contributed by atoms with Crippen molar-refractivity contribution >= 4 is 40.3 Å². The highest BCUT2D eigenvalue weighted by atomic mass is 32.1. The minimum Gasteiger partial charge on any atom is -0.444 e. The maximum Gasteiger partial charge on any atom is 0.410 e. The SMILES string of the molecule is CC(C(=O)NC(C(=O)N1CCCC1C(=O)Nc1snnc1-c1ccccc1)C1CCCCC1)N(C)C(=O)OC(C)(C)C. The summed E-state index contributed by atoms with van der Waals surface area (Å²) >= 11 is 1.09. The molecule has 3 unspecified atom stereocenters. The molecule has 12 heteroatoms. The van der Waals surface area contributed by atoms with Crippen LogP contribution in [0.25, 0.3) is 11.3 Å². The van der Waals surface area contributed by atoms with Crippen molar-refractivity contribution in [2.75, 3.05) is 18.9 Å². The van der Waals surface area contributed by atoms with E-state index >= 15 is 0 Å². The number of carbonyl (C=O) groups is 4. The van der Waals surface area contributed by atoms with Crippen molar-refractivity contribution in [2.45, 2.75) is 96.4 Å². The van der Waals surface area contributed by atoms with E-state index in [4.69, 9.17) is 4.74 Å². The molecular formula is C30H42N6O5S. The van der Waals surface area contributed by atoms with E-state index in [0.717, 1.165) is 49.2 Å². The number of benzene rings is 1. The zero-order valence-corrected chi connectivity index (χ0v) is 25.9. The van der Waals surface area contributed by atoms with Crippen molar-refractivity contribution in [3.8, 4) is 11.3 Å². The number of ether oxygens (including phenoxy) is 1. The average Bonchev–Trinajstić information content (AvgIpc) is 3.65. The molecule has 0 spiro atoms. The standard InChI is InChI=1S/C30H42N6O5S/c1-19(35(5)29(40)41-30(2,3)4)25(37)31-24(21-15-10-7-11-16-21)28(39)36-18-12-17-22(36)26(38)32-27-23(33-34-42-27)20-13-8-6-9-14-20/h6,8-9,13-14,19,21-22,24H,7,10-12,15-18H2,1-5H3,(H,31,37)(H,32,38). The van der Waals surface area contributed by atoms with Gasteiger partial charge in [0.15, 0.2) is 0 Å². The lowest BCUT2D eigenvalue weighted by Gasteiger charge is -2.36. The molecular weight excluding hydrogens is 556 g/mol. The van der Waals surface area contributed by atoms with Crippen LogP contribution in [0, 0.1) is 5.92 Å². The molecule has 228 valence electrons. The molecule has 0 bridgehead atoms. The highest BCUT2D eigenvalue weighted by molar-refractivity contribution is 7.10. The number of likely N-dealkylation sites (N-methyl/N-ethyl adjacent to an activating group) is 1.